The molecule has 1 fully saturated rings. The Balaban J connectivity index is 2.10. The molecule has 0 aliphatic carbocycles. The fraction of sp³-hybridized carbons (Fsp3) is 0.733. The first-order valence-electron chi connectivity index (χ1n) is 7.82. The zero-order valence-electron chi connectivity index (χ0n) is 14.4. The normalized spacial score (nSPS) is 22.2. The van der Waals surface area contributed by atoms with Crippen molar-refractivity contribution in [2.24, 2.45) is 0 Å². The molecular formula is C15H26F2N4OSi. The van der Waals surface area contributed by atoms with E-state index >= 15 is 0 Å². The maximum absolute atomic E-state index is 14.6. The van der Waals surface area contributed by atoms with E-state index in [1.54, 1.807) is 12.1 Å². The Hall–Kier alpha value is -1.28. The van der Waals surface area contributed by atoms with Crippen LogP contribution < -0.4 is 10.6 Å². The van der Waals surface area contributed by atoms with Crippen LogP contribution in [0, 0.1) is 0 Å². The van der Waals surface area contributed by atoms with E-state index in [-0.39, 0.29) is 17.3 Å². The second kappa shape index (κ2) is 5.97. The molecule has 130 valence electrons. The van der Waals surface area contributed by atoms with Gasteiger partial charge in [0.2, 0.25) is 0 Å². The lowest BCUT2D eigenvalue weighted by Gasteiger charge is -2.45. The Morgan fingerprint density at radius 2 is 1.96 bits per heavy atom. The van der Waals surface area contributed by atoms with Gasteiger partial charge in [0.25, 0.3) is 5.92 Å². The van der Waals surface area contributed by atoms with Crippen molar-refractivity contribution in [2.45, 2.75) is 57.4 Å². The molecule has 2 N–H and O–H groups in total. The molecule has 1 aliphatic rings. The van der Waals surface area contributed by atoms with Crippen LogP contribution in [0.5, 0.6) is 0 Å². The number of hydrogen-bond donors (Lipinski definition) is 1. The topological polar surface area (TPSA) is 64.3 Å². The fourth-order valence-corrected chi connectivity index (χ4v) is 3.65. The molecule has 23 heavy (non-hydrogen) atoms. The minimum Gasteiger partial charge on any atom is -0.408 e. The molecule has 2 rings (SSSR count). The van der Waals surface area contributed by atoms with Gasteiger partial charge in [-0.05, 0) is 36.7 Å². The molecule has 1 aromatic rings. The number of alkyl halides is 2. The van der Waals surface area contributed by atoms with E-state index in [1.807, 2.05) is 13.1 Å². The predicted molar refractivity (Wildman–Crippen MR) is 90.3 cm³/mol. The number of rotatable bonds is 3. The lowest BCUT2D eigenvalue weighted by molar-refractivity contribution is -0.107. The van der Waals surface area contributed by atoms with E-state index in [9.17, 15) is 8.78 Å². The molecule has 1 unspecified atom stereocenters. The van der Waals surface area contributed by atoms with Gasteiger partial charge in [-0.15, -0.1) is 10.2 Å². The van der Waals surface area contributed by atoms with Crippen LogP contribution in [0.3, 0.4) is 0 Å². The zero-order chi connectivity index (χ0) is 17.5. The van der Waals surface area contributed by atoms with Gasteiger partial charge in [-0.25, -0.2) is 8.78 Å². The zero-order valence-corrected chi connectivity index (χ0v) is 15.4. The molecule has 8 heteroatoms. The highest BCUT2D eigenvalue weighted by molar-refractivity contribution is 6.74. The van der Waals surface area contributed by atoms with Crippen molar-refractivity contribution in [3.63, 3.8) is 0 Å². The molecular weight excluding hydrogens is 318 g/mol. The van der Waals surface area contributed by atoms with Crippen molar-refractivity contribution < 1.29 is 13.2 Å². The SMILES string of the molecule is CC(C)(C)[Si](C)(C)OC1CCN(c2ccc(N)nn2)CC1(F)F. The number of piperidine rings is 1. The van der Waals surface area contributed by atoms with E-state index < -0.39 is 26.9 Å². The number of hydrogen-bond acceptors (Lipinski definition) is 5. The van der Waals surface area contributed by atoms with Gasteiger partial charge >= 0.3 is 0 Å². The molecule has 2 heterocycles. The predicted octanol–water partition coefficient (Wildman–Crippen LogP) is 3.29. The van der Waals surface area contributed by atoms with Gasteiger partial charge < -0.3 is 15.1 Å². The van der Waals surface area contributed by atoms with Crippen LogP contribution in [0.25, 0.3) is 0 Å². The molecule has 1 aromatic heterocycles. The first kappa shape index (κ1) is 18.1. The smallest absolute Gasteiger partial charge is 0.289 e. The van der Waals surface area contributed by atoms with E-state index in [2.05, 4.69) is 31.0 Å². The number of anilines is 2. The minimum atomic E-state index is -2.92. The van der Waals surface area contributed by atoms with Crippen LogP contribution in [0.2, 0.25) is 18.1 Å². The molecule has 0 aromatic carbocycles. The molecule has 1 saturated heterocycles. The first-order chi connectivity index (χ1) is 10.4. The summed E-state index contributed by atoms with van der Waals surface area (Å²) in [6, 6.07) is 3.19. The van der Waals surface area contributed by atoms with E-state index in [0.29, 0.717) is 12.4 Å². The van der Waals surface area contributed by atoms with E-state index in [4.69, 9.17) is 10.2 Å². The number of aromatic nitrogens is 2. The summed E-state index contributed by atoms with van der Waals surface area (Å²) in [6.07, 6.45) is -0.771. The average Bonchev–Trinajstić information content (AvgIpc) is 2.40. The summed E-state index contributed by atoms with van der Waals surface area (Å²) in [5, 5.41) is 7.53. The first-order valence-corrected chi connectivity index (χ1v) is 10.7. The van der Waals surface area contributed by atoms with Gasteiger partial charge in [0.15, 0.2) is 14.1 Å². The van der Waals surface area contributed by atoms with Crippen molar-refractivity contribution in [3.8, 4) is 0 Å². The third-order valence-corrected chi connectivity index (χ3v) is 9.26. The summed E-state index contributed by atoms with van der Waals surface area (Å²) in [5.41, 5.74) is 5.49. The van der Waals surface area contributed by atoms with Crippen molar-refractivity contribution in [3.05, 3.63) is 12.1 Å². The highest BCUT2D eigenvalue weighted by atomic mass is 28.4. The summed E-state index contributed by atoms with van der Waals surface area (Å²) in [7, 11) is -2.23. The fourth-order valence-electron chi connectivity index (χ4n) is 2.30. The second-order valence-electron chi connectivity index (χ2n) is 7.65. The molecule has 0 spiro atoms. The van der Waals surface area contributed by atoms with Crippen molar-refractivity contribution in [1.29, 1.82) is 0 Å². The largest absolute Gasteiger partial charge is 0.408 e. The maximum Gasteiger partial charge on any atom is 0.289 e. The summed E-state index contributed by atoms with van der Waals surface area (Å²) in [5.74, 6) is -2.22. The highest BCUT2D eigenvalue weighted by Gasteiger charge is 2.50. The molecule has 0 radical (unpaired) electrons. The Labute approximate surface area is 137 Å². The van der Waals surface area contributed by atoms with Gasteiger partial charge in [-0.3, -0.25) is 0 Å². The van der Waals surface area contributed by atoms with Gasteiger partial charge in [0, 0.05) is 6.54 Å². The van der Waals surface area contributed by atoms with E-state index in [0.717, 1.165) is 0 Å². The molecule has 1 atom stereocenters. The Morgan fingerprint density at radius 3 is 2.43 bits per heavy atom. The third-order valence-electron chi connectivity index (χ3n) is 4.77. The molecule has 0 amide bonds. The molecule has 5 nitrogen and oxygen atoms in total. The lowest BCUT2D eigenvalue weighted by Crippen LogP contribution is -2.57. The van der Waals surface area contributed by atoms with Crippen molar-refractivity contribution in [2.75, 3.05) is 23.7 Å². The number of nitrogen functional groups attached to an aromatic ring is 1. The van der Waals surface area contributed by atoms with Crippen molar-refractivity contribution in [1.82, 2.24) is 10.2 Å². The molecule has 1 aliphatic heterocycles. The third kappa shape index (κ3) is 3.98. The maximum atomic E-state index is 14.6. The van der Waals surface area contributed by atoms with Gasteiger partial charge in [-0.1, -0.05) is 20.8 Å². The summed E-state index contributed by atoms with van der Waals surface area (Å²) in [4.78, 5) is 1.54. The van der Waals surface area contributed by atoms with Crippen LogP contribution in [0.4, 0.5) is 20.4 Å². The summed E-state index contributed by atoms with van der Waals surface area (Å²) in [6.45, 7) is 10.2. The minimum absolute atomic E-state index is 0.0946. The monoisotopic (exact) mass is 344 g/mol. The number of nitrogens with zero attached hydrogens (tertiary/aromatic N) is 3. The van der Waals surface area contributed by atoms with Crippen molar-refractivity contribution >= 4 is 20.0 Å². The van der Waals surface area contributed by atoms with Crippen LogP contribution in [0.1, 0.15) is 27.2 Å². The number of nitrogens with two attached hydrogens (primary N) is 1. The second-order valence-corrected chi connectivity index (χ2v) is 12.4. The molecule has 0 saturated carbocycles. The van der Waals surface area contributed by atoms with Crippen LogP contribution in [0.15, 0.2) is 12.1 Å². The summed E-state index contributed by atoms with van der Waals surface area (Å²) >= 11 is 0. The van der Waals surface area contributed by atoms with Gasteiger partial charge in [0.05, 0.1) is 6.54 Å². The molecule has 0 bridgehead atoms. The van der Waals surface area contributed by atoms with Gasteiger partial charge in [0.1, 0.15) is 11.9 Å². The van der Waals surface area contributed by atoms with Gasteiger partial charge in [-0.2, -0.15) is 0 Å². The van der Waals surface area contributed by atoms with Crippen LogP contribution in [-0.4, -0.2) is 43.6 Å². The van der Waals surface area contributed by atoms with Crippen LogP contribution >= 0.6 is 0 Å². The Bertz CT molecular complexity index is 545. The quantitative estimate of drug-likeness (QED) is 0.853. The average molecular weight is 344 g/mol. The standard InChI is InChI=1S/C15H26F2N4OSi/c1-14(2,3)23(4,5)22-11-8-9-21(10-15(11,16)17)13-7-6-12(18)19-20-13/h6-7,11H,8-10H2,1-5H3,(H2,18,19). The number of halogens is 2. The highest BCUT2D eigenvalue weighted by Crippen LogP contribution is 2.41. The Kier molecular flexibility index (Phi) is 4.69. The van der Waals surface area contributed by atoms with E-state index in [1.165, 1.54) is 4.90 Å². The summed E-state index contributed by atoms with van der Waals surface area (Å²) < 4.78 is 35.1. The van der Waals surface area contributed by atoms with Crippen LogP contribution in [-0.2, 0) is 4.43 Å². The Morgan fingerprint density at radius 1 is 1.30 bits per heavy atom. The lowest BCUT2D eigenvalue weighted by atomic mass is 10.0.